The van der Waals surface area contributed by atoms with Gasteiger partial charge in [-0.05, 0) is 69.6 Å². The third kappa shape index (κ3) is 7.55. The molecule has 2 heterocycles. The van der Waals surface area contributed by atoms with E-state index in [1.54, 1.807) is 33.4 Å². The summed E-state index contributed by atoms with van der Waals surface area (Å²) in [6.07, 6.45) is 9.38. The molecule has 188 valence electrons. The number of likely N-dealkylation sites (tertiary alicyclic amines) is 1. The van der Waals surface area contributed by atoms with Crippen molar-refractivity contribution in [2.75, 3.05) is 40.9 Å². The highest BCUT2D eigenvalue weighted by molar-refractivity contribution is 6.03. The maximum absolute atomic E-state index is 13.4. The molecule has 1 saturated heterocycles. The first kappa shape index (κ1) is 26.2. The van der Waals surface area contributed by atoms with Gasteiger partial charge in [-0.15, -0.1) is 6.58 Å². The highest BCUT2D eigenvalue weighted by Gasteiger charge is 2.23. The van der Waals surface area contributed by atoms with Crippen molar-refractivity contribution in [3.63, 3.8) is 0 Å². The van der Waals surface area contributed by atoms with Gasteiger partial charge in [0.1, 0.15) is 11.5 Å². The van der Waals surface area contributed by atoms with E-state index in [-0.39, 0.29) is 11.9 Å². The van der Waals surface area contributed by atoms with Crippen LogP contribution in [-0.2, 0) is 11.3 Å². The molecule has 0 saturated carbocycles. The van der Waals surface area contributed by atoms with Crippen LogP contribution in [0, 0.1) is 5.92 Å². The highest BCUT2D eigenvalue weighted by Crippen LogP contribution is 2.22. The Balaban J connectivity index is 1.82. The molecule has 3 rings (SSSR count). The number of rotatable bonds is 10. The van der Waals surface area contributed by atoms with Crippen LogP contribution in [0.3, 0.4) is 0 Å². The number of aromatic amines is 1. The summed E-state index contributed by atoms with van der Waals surface area (Å²) >= 11 is 0. The summed E-state index contributed by atoms with van der Waals surface area (Å²) in [4.78, 5) is 22.0. The average molecular weight is 480 g/mol. The second-order valence-electron chi connectivity index (χ2n) is 8.99. The Hall–Kier alpha value is -3.39. The van der Waals surface area contributed by atoms with Gasteiger partial charge in [0.25, 0.3) is 0 Å². The van der Waals surface area contributed by atoms with Crippen molar-refractivity contribution in [1.29, 1.82) is 0 Å². The minimum atomic E-state index is -0.273. The normalized spacial score (nSPS) is 16.6. The first-order valence-corrected chi connectivity index (χ1v) is 12.0. The van der Waals surface area contributed by atoms with E-state index >= 15 is 0 Å². The molecule has 1 aliphatic rings. The van der Waals surface area contributed by atoms with Crippen LogP contribution in [-0.4, -0.2) is 72.6 Å². The van der Waals surface area contributed by atoms with Crippen molar-refractivity contribution in [2.24, 2.45) is 10.9 Å². The molecule has 0 spiro atoms. The van der Waals surface area contributed by atoms with E-state index in [1.807, 2.05) is 41.4 Å². The predicted octanol–water partition coefficient (Wildman–Crippen LogP) is 4.64. The fraction of sp³-hybridized carbons (Fsp3) is 0.444. The fourth-order valence-corrected chi connectivity index (χ4v) is 4.27. The Labute approximate surface area is 208 Å². The lowest BCUT2D eigenvalue weighted by Crippen LogP contribution is -2.38. The standard InChI is InChI=1S/C27H37N5O3/c1-6-23(24-16-28-29-17-24)15-26(35-5)20(2)30-27(33)32(18-21-10-12-31(3)13-11-21)19-22-8-7-9-25(14-22)34-4/h6-9,14-17,21,23H,1,10-13,18-19H2,2-5H3,(H,28,29)/b26-15+,30-20?. The summed E-state index contributed by atoms with van der Waals surface area (Å²) in [5, 5.41) is 6.82. The van der Waals surface area contributed by atoms with Crippen molar-refractivity contribution in [1.82, 2.24) is 20.0 Å². The summed E-state index contributed by atoms with van der Waals surface area (Å²) in [5.41, 5.74) is 2.48. The van der Waals surface area contributed by atoms with Gasteiger partial charge < -0.3 is 19.3 Å². The van der Waals surface area contributed by atoms with Gasteiger partial charge in [-0.1, -0.05) is 18.2 Å². The van der Waals surface area contributed by atoms with Crippen molar-refractivity contribution < 1.29 is 14.3 Å². The fourth-order valence-electron chi connectivity index (χ4n) is 4.27. The predicted molar refractivity (Wildman–Crippen MR) is 139 cm³/mol. The Morgan fingerprint density at radius 3 is 2.77 bits per heavy atom. The Bertz CT molecular complexity index is 1020. The van der Waals surface area contributed by atoms with Crippen molar-refractivity contribution >= 4 is 11.7 Å². The molecule has 1 aromatic heterocycles. The van der Waals surface area contributed by atoms with Gasteiger partial charge in [0.2, 0.25) is 0 Å². The van der Waals surface area contributed by atoms with Crippen LogP contribution >= 0.6 is 0 Å². The number of hydrogen-bond acceptors (Lipinski definition) is 5. The molecule has 2 aromatic rings. The van der Waals surface area contributed by atoms with E-state index in [4.69, 9.17) is 9.47 Å². The molecule has 1 unspecified atom stereocenters. The number of H-pyrrole nitrogens is 1. The number of nitrogens with zero attached hydrogens (tertiary/aromatic N) is 4. The molecule has 0 radical (unpaired) electrons. The molecule has 1 aliphatic heterocycles. The third-order valence-corrected chi connectivity index (χ3v) is 6.42. The Morgan fingerprint density at radius 1 is 1.37 bits per heavy atom. The maximum atomic E-state index is 13.4. The smallest absolute Gasteiger partial charge is 0.344 e. The van der Waals surface area contributed by atoms with Crippen LogP contribution in [0.1, 0.15) is 36.8 Å². The van der Waals surface area contributed by atoms with Crippen LogP contribution in [0.25, 0.3) is 0 Å². The number of ether oxygens (including phenoxy) is 2. The number of amides is 2. The number of piperidine rings is 1. The zero-order valence-electron chi connectivity index (χ0n) is 21.2. The van der Waals surface area contributed by atoms with E-state index in [0.29, 0.717) is 30.5 Å². The van der Waals surface area contributed by atoms with Crippen LogP contribution in [0.15, 0.2) is 66.1 Å². The largest absolute Gasteiger partial charge is 0.497 e. The second kappa shape index (κ2) is 12.9. The van der Waals surface area contributed by atoms with E-state index in [1.165, 1.54) is 0 Å². The number of urea groups is 1. The van der Waals surface area contributed by atoms with Gasteiger partial charge in [0.15, 0.2) is 0 Å². The van der Waals surface area contributed by atoms with Crippen LogP contribution in [0.5, 0.6) is 5.75 Å². The number of hydrogen-bond donors (Lipinski definition) is 1. The quantitative estimate of drug-likeness (QED) is 0.305. The van der Waals surface area contributed by atoms with Crippen molar-refractivity contribution in [3.05, 3.63) is 72.3 Å². The molecule has 1 aromatic carbocycles. The first-order chi connectivity index (χ1) is 16.9. The van der Waals surface area contributed by atoms with Crippen LogP contribution in [0.2, 0.25) is 0 Å². The number of nitrogens with one attached hydrogen (secondary N) is 1. The first-order valence-electron chi connectivity index (χ1n) is 12.0. The number of carbonyl (C=O) groups is 1. The zero-order valence-corrected chi connectivity index (χ0v) is 21.2. The molecule has 0 bridgehead atoms. The molecule has 35 heavy (non-hydrogen) atoms. The van der Waals surface area contributed by atoms with Crippen LogP contribution < -0.4 is 4.74 Å². The van der Waals surface area contributed by atoms with E-state index in [0.717, 1.165) is 42.8 Å². The van der Waals surface area contributed by atoms with E-state index in [9.17, 15) is 4.79 Å². The van der Waals surface area contributed by atoms with Gasteiger partial charge in [0, 0.05) is 30.8 Å². The SMILES string of the molecule is C=CC(/C=C(/OC)C(C)=NC(=O)N(Cc1cccc(OC)c1)CC1CCN(C)CC1)c1cn[nH]c1. The molecule has 0 aliphatic carbocycles. The lowest BCUT2D eigenvalue weighted by molar-refractivity contribution is 0.161. The molecule has 8 heteroatoms. The summed E-state index contributed by atoms with van der Waals surface area (Å²) in [5.74, 6) is 1.63. The molecule has 8 nitrogen and oxygen atoms in total. The maximum Gasteiger partial charge on any atom is 0.344 e. The summed E-state index contributed by atoms with van der Waals surface area (Å²) in [7, 11) is 5.37. The zero-order chi connectivity index (χ0) is 25.2. The number of aromatic nitrogens is 2. The molecule has 2 amide bonds. The summed E-state index contributed by atoms with van der Waals surface area (Å²) in [6.45, 7) is 8.93. The van der Waals surface area contributed by atoms with Crippen molar-refractivity contribution in [3.8, 4) is 5.75 Å². The lowest BCUT2D eigenvalue weighted by Gasteiger charge is -2.32. The molecule has 1 atom stereocenters. The van der Waals surface area contributed by atoms with Crippen molar-refractivity contribution in [2.45, 2.75) is 32.2 Å². The van der Waals surface area contributed by atoms with Gasteiger partial charge in [-0.25, -0.2) is 4.79 Å². The van der Waals surface area contributed by atoms with Gasteiger partial charge >= 0.3 is 6.03 Å². The average Bonchev–Trinajstić information content (AvgIpc) is 3.40. The topological polar surface area (TPSA) is 83.0 Å². The summed E-state index contributed by atoms with van der Waals surface area (Å²) < 4.78 is 11.0. The third-order valence-electron chi connectivity index (χ3n) is 6.42. The molecular weight excluding hydrogens is 442 g/mol. The number of benzene rings is 1. The molecule has 1 fully saturated rings. The number of carbonyl (C=O) groups excluding carboxylic acids is 1. The number of methoxy groups -OCH3 is 2. The summed E-state index contributed by atoms with van der Waals surface area (Å²) in [6, 6.07) is 7.55. The van der Waals surface area contributed by atoms with E-state index in [2.05, 4.69) is 33.7 Å². The molecule has 1 N–H and O–H groups in total. The van der Waals surface area contributed by atoms with Gasteiger partial charge in [0.05, 0.1) is 26.1 Å². The van der Waals surface area contributed by atoms with E-state index < -0.39 is 0 Å². The number of aliphatic imine (C=N–C) groups is 1. The Kier molecular flexibility index (Phi) is 9.66. The highest BCUT2D eigenvalue weighted by atomic mass is 16.5. The monoisotopic (exact) mass is 479 g/mol. The van der Waals surface area contributed by atoms with Gasteiger partial charge in [-0.2, -0.15) is 10.1 Å². The number of allylic oxidation sites excluding steroid dienone is 3. The molecular formula is C27H37N5O3. The lowest BCUT2D eigenvalue weighted by atomic mass is 9.96. The van der Waals surface area contributed by atoms with Gasteiger partial charge in [-0.3, -0.25) is 5.10 Å². The minimum Gasteiger partial charge on any atom is -0.497 e. The minimum absolute atomic E-state index is 0.115. The van der Waals surface area contributed by atoms with Crippen LogP contribution in [0.4, 0.5) is 4.79 Å². The second-order valence-corrected chi connectivity index (χ2v) is 8.99. The Morgan fingerprint density at radius 2 is 2.14 bits per heavy atom.